The number of amides is 2. The van der Waals surface area contributed by atoms with Gasteiger partial charge in [0.15, 0.2) is 0 Å². The van der Waals surface area contributed by atoms with Crippen molar-refractivity contribution in [1.29, 1.82) is 0 Å². The predicted octanol–water partition coefficient (Wildman–Crippen LogP) is -0.932. The average molecular weight is 213 g/mol. The first-order valence-corrected chi connectivity index (χ1v) is 4.71. The lowest BCUT2D eigenvalue weighted by molar-refractivity contribution is -0.123. The fourth-order valence-corrected chi connectivity index (χ4v) is 1.39. The molecule has 2 amide bonds. The summed E-state index contributed by atoms with van der Waals surface area (Å²) >= 11 is 0. The lowest BCUT2D eigenvalue weighted by Gasteiger charge is -2.33. The lowest BCUT2D eigenvalue weighted by atomic mass is 10.2. The van der Waals surface area contributed by atoms with Crippen LogP contribution in [-0.4, -0.2) is 49.2 Å². The number of nitrogens with one attached hydrogen (secondary N) is 1. The summed E-state index contributed by atoms with van der Waals surface area (Å²) in [6.45, 7) is 4.99. The molecule has 84 valence electrons. The number of ether oxygens (including phenoxy) is 1. The van der Waals surface area contributed by atoms with Crippen molar-refractivity contribution in [2.75, 3.05) is 26.2 Å². The van der Waals surface area contributed by atoms with Gasteiger partial charge in [-0.05, 0) is 0 Å². The van der Waals surface area contributed by atoms with Crippen LogP contribution in [0.3, 0.4) is 0 Å². The Bertz CT molecular complexity index is 267. The first-order chi connectivity index (χ1) is 7.16. The van der Waals surface area contributed by atoms with Crippen molar-refractivity contribution in [3.05, 3.63) is 12.7 Å². The third kappa shape index (κ3) is 2.95. The monoisotopic (exact) mass is 213 g/mol. The van der Waals surface area contributed by atoms with Gasteiger partial charge in [-0.25, -0.2) is 4.79 Å². The van der Waals surface area contributed by atoms with E-state index in [0.29, 0.717) is 19.6 Å². The molecular formula is C9H15N3O3. The molecule has 1 aliphatic rings. The van der Waals surface area contributed by atoms with Crippen LogP contribution in [0.15, 0.2) is 12.7 Å². The van der Waals surface area contributed by atoms with Crippen LogP contribution in [0, 0.1) is 0 Å². The molecule has 6 nitrogen and oxygen atoms in total. The maximum atomic E-state index is 11.5. The van der Waals surface area contributed by atoms with Crippen molar-refractivity contribution in [3.8, 4) is 0 Å². The van der Waals surface area contributed by atoms with E-state index in [9.17, 15) is 9.59 Å². The molecule has 0 saturated carbocycles. The van der Waals surface area contributed by atoms with E-state index in [1.807, 2.05) is 0 Å². The zero-order valence-corrected chi connectivity index (χ0v) is 8.44. The smallest absolute Gasteiger partial charge is 0.410 e. The molecular weight excluding hydrogens is 198 g/mol. The fraction of sp³-hybridized carbons (Fsp3) is 0.556. The molecule has 1 unspecified atom stereocenters. The molecule has 3 N–H and O–H groups in total. The van der Waals surface area contributed by atoms with Crippen LogP contribution in [0.1, 0.15) is 0 Å². The molecule has 0 aromatic heterocycles. The topological polar surface area (TPSA) is 84.7 Å². The van der Waals surface area contributed by atoms with E-state index in [1.54, 1.807) is 0 Å². The van der Waals surface area contributed by atoms with Gasteiger partial charge in [-0.15, -0.1) is 0 Å². The fourth-order valence-electron chi connectivity index (χ4n) is 1.39. The molecule has 1 rings (SSSR count). The molecule has 0 spiro atoms. The number of nitrogens with two attached hydrogens (primary N) is 1. The van der Waals surface area contributed by atoms with E-state index >= 15 is 0 Å². The maximum absolute atomic E-state index is 11.5. The SMILES string of the molecule is C=CCOC(=O)N1CCNCC1C(N)=O. The molecule has 1 aliphatic heterocycles. The highest BCUT2D eigenvalue weighted by atomic mass is 16.6. The summed E-state index contributed by atoms with van der Waals surface area (Å²) < 4.78 is 4.84. The molecule has 0 aromatic rings. The van der Waals surface area contributed by atoms with Crippen LogP contribution in [0.2, 0.25) is 0 Å². The first kappa shape index (κ1) is 11.5. The second-order valence-electron chi connectivity index (χ2n) is 3.18. The highest BCUT2D eigenvalue weighted by molar-refractivity contribution is 5.84. The van der Waals surface area contributed by atoms with Gasteiger partial charge in [-0.1, -0.05) is 12.7 Å². The van der Waals surface area contributed by atoms with Gasteiger partial charge in [0.2, 0.25) is 5.91 Å². The van der Waals surface area contributed by atoms with Crippen LogP contribution in [-0.2, 0) is 9.53 Å². The van der Waals surface area contributed by atoms with Crippen molar-refractivity contribution >= 4 is 12.0 Å². The molecule has 15 heavy (non-hydrogen) atoms. The molecule has 0 aliphatic carbocycles. The summed E-state index contributed by atoms with van der Waals surface area (Å²) in [6, 6.07) is -0.629. The van der Waals surface area contributed by atoms with Gasteiger partial charge < -0.3 is 15.8 Å². The number of carbonyl (C=O) groups excluding carboxylic acids is 2. The van der Waals surface area contributed by atoms with E-state index in [2.05, 4.69) is 11.9 Å². The number of primary amides is 1. The van der Waals surface area contributed by atoms with Gasteiger partial charge in [-0.2, -0.15) is 0 Å². The van der Waals surface area contributed by atoms with Gasteiger partial charge >= 0.3 is 6.09 Å². The summed E-state index contributed by atoms with van der Waals surface area (Å²) in [6.07, 6.45) is 0.944. The number of carbonyl (C=O) groups is 2. The maximum Gasteiger partial charge on any atom is 0.410 e. The van der Waals surface area contributed by atoms with E-state index < -0.39 is 18.0 Å². The highest BCUT2D eigenvalue weighted by Crippen LogP contribution is 2.05. The standard InChI is InChI=1S/C9H15N3O3/c1-2-5-15-9(14)12-4-3-11-6-7(12)8(10)13/h2,7,11H,1,3-6H2,(H2,10,13). The Labute approximate surface area is 88.0 Å². The molecule has 0 aromatic carbocycles. The highest BCUT2D eigenvalue weighted by Gasteiger charge is 2.31. The first-order valence-electron chi connectivity index (χ1n) is 4.71. The lowest BCUT2D eigenvalue weighted by Crippen LogP contribution is -2.58. The molecule has 1 saturated heterocycles. The second kappa shape index (κ2) is 5.35. The Hall–Kier alpha value is -1.56. The van der Waals surface area contributed by atoms with Crippen molar-refractivity contribution in [3.63, 3.8) is 0 Å². The summed E-state index contributed by atoms with van der Waals surface area (Å²) in [5, 5.41) is 2.99. The third-order valence-corrected chi connectivity index (χ3v) is 2.13. The predicted molar refractivity (Wildman–Crippen MR) is 54.1 cm³/mol. The van der Waals surface area contributed by atoms with Gasteiger partial charge in [0.05, 0.1) is 0 Å². The molecule has 6 heteroatoms. The normalized spacial score (nSPS) is 20.8. The Balaban J connectivity index is 2.58. The Morgan fingerprint density at radius 1 is 1.67 bits per heavy atom. The minimum absolute atomic E-state index is 0.133. The largest absolute Gasteiger partial charge is 0.445 e. The molecule has 1 atom stereocenters. The minimum Gasteiger partial charge on any atom is -0.445 e. The number of piperazine rings is 1. The Morgan fingerprint density at radius 2 is 2.40 bits per heavy atom. The number of hydrogen-bond donors (Lipinski definition) is 2. The van der Waals surface area contributed by atoms with Gasteiger partial charge in [0.1, 0.15) is 12.6 Å². The van der Waals surface area contributed by atoms with Crippen LogP contribution in [0.5, 0.6) is 0 Å². The van der Waals surface area contributed by atoms with Crippen molar-refractivity contribution in [2.24, 2.45) is 5.73 Å². The van der Waals surface area contributed by atoms with Crippen LogP contribution in [0.4, 0.5) is 4.79 Å². The van der Waals surface area contributed by atoms with Gasteiger partial charge in [0, 0.05) is 19.6 Å². The minimum atomic E-state index is -0.629. The van der Waals surface area contributed by atoms with Crippen molar-refractivity contribution < 1.29 is 14.3 Å². The van der Waals surface area contributed by atoms with Crippen LogP contribution >= 0.6 is 0 Å². The van der Waals surface area contributed by atoms with Gasteiger partial charge in [0.25, 0.3) is 0 Å². The average Bonchev–Trinajstić information content (AvgIpc) is 2.25. The number of rotatable bonds is 3. The quantitative estimate of drug-likeness (QED) is 0.593. The van der Waals surface area contributed by atoms with Crippen molar-refractivity contribution in [2.45, 2.75) is 6.04 Å². The summed E-state index contributed by atoms with van der Waals surface area (Å²) in [4.78, 5) is 23.9. The Morgan fingerprint density at radius 3 is 3.00 bits per heavy atom. The number of nitrogens with zero attached hydrogens (tertiary/aromatic N) is 1. The van der Waals surface area contributed by atoms with E-state index in [1.165, 1.54) is 11.0 Å². The zero-order chi connectivity index (χ0) is 11.3. The van der Waals surface area contributed by atoms with Crippen LogP contribution in [0.25, 0.3) is 0 Å². The molecule has 1 heterocycles. The van der Waals surface area contributed by atoms with E-state index in [4.69, 9.17) is 10.5 Å². The Kier molecular flexibility index (Phi) is 4.11. The van der Waals surface area contributed by atoms with Gasteiger partial charge in [-0.3, -0.25) is 9.69 Å². The second-order valence-corrected chi connectivity index (χ2v) is 3.18. The summed E-state index contributed by atoms with van der Waals surface area (Å²) in [5.41, 5.74) is 5.18. The third-order valence-electron chi connectivity index (χ3n) is 2.13. The number of hydrogen-bond acceptors (Lipinski definition) is 4. The summed E-state index contributed by atoms with van der Waals surface area (Å²) in [7, 11) is 0. The molecule has 0 bridgehead atoms. The van der Waals surface area contributed by atoms with E-state index in [-0.39, 0.29) is 6.61 Å². The van der Waals surface area contributed by atoms with Crippen molar-refractivity contribution in [1.82, 2.24) is 10.2 Å². The van der Waals surface area contributed by atoms with E-state index in [0.717, 1.165) is 0 Å². The molecule has 1 fully saturated rings. The van der Waals surface area contributed by atoms with Crippen LogP contribution < -0.4 is 11.1 Å². The zero-order valence-electron chi connectivity index (χ0n) is 8.44. The summed E-state index contributed by atoms with van der Waals surface area (Å²) in [5.74, 6) is -0.530. The molecule has 0 radical (unpaired) electrons.